The van der Waals surface area contributed by atoms with Gasteiger partial charge in [0.25, 0.3) is 0 Å². The molecule has 0 aromatic carbocycles. The standard InChI is InChI=1S/C10H16Cl2N2OS/c1-15-5-4-13-2-3-14-7-8-6-9(11)16-10(8)12/h6,13-14H,2-5,7H2,1H3. The number of halogens is 2. The van der Waals surface area contributed by atoms with Gasteiger partial charge in [-0.3, -0.25) is 0 Å². The summed E-state index contributed by atoms with van der Waals surface area (Å²) in [5.74, 6) is 0. The van der Waals surface area contributed by atoms with Gasteiger partial charge in [0.05, 0.1) is 15.3 Å². The molecule has 1 aromatic heterocycles. The molecule has 3 nitrogen and oxygen atoms in total. The van der Waals surface area contributed by atoms with Crippen LogP contribution in [0.5, 0.6) is 0 Å². The minimum Gasteiger partial charge on any atom is -0.383 e. The third kappa shape index (κ3) is 5.48. The third-order valence-electron chi connectivity index (χ3n) is 2.00. The molecule has 0 aliphatic carbocycles. The number of nitrogens with one attached hydrogen (secondary N) is 2. The van der Waals surface area contributed by atoms with E-state index < -0.39 is 0 Å². The van der Waals surface area contributed by atoms with E-state index in [-0.39, 0.29) is 0 Å². The number of hydrogen-bond donors (Lipinski definition) is 2. The summed E-state index contributed by atoms with van der Waals surface area (Å²) in [5.41, 5.74) is 1.06. The Labute approximate surface area is 110 Å². The van der Waals surface area contributed by atoms with Crippen molar-refractivity contribution in [3.05, 3.63) is 20.3 Å². The Morgan fingerprint density at radius 3 is 2.62 bits per heavy atom. The normalized spacial score (nSPS) is 10.9. The summed E-state index contributed by atoms with van der Waals surface area (Å²) in [6.45, 7) is 4.19. The first-order valence-electron chi connectivity index (χ1n) is 5.08. The fourth-order valence-corrected chi connectivity index (χ4v) is 2.68. The molecule has 0 amide bonds. The molecule has 0 aliphatic heterocycles. The van der Waals surface area contributed by atoms with Crippen LogP contribution in [-0.4, -0.2) is 33.4 Å². The topological polar surface area (TPSA) is 33.3 Å². The first-order valence-corrected chi connectivity index (χ1v) is 6.65. The van der Waals surface area contributed by atoms with Gasteiger partial charge >= 0.3 is 0 Å². The lowest BCUT2D eigenvalue weighted by Crippen LogP contribution is -2.29. The zero-order chi connectivity index (χ0) is 11.8. The third-order valence-corrected chi connectivity index (χ3v) is 3.57. The summed E-state index contributed by atoms with van der Waals surface area (Å²) in [6.07, 6.45) is 0. The van der Waals surface area contributed by atoms with E-state index in [4.69, 9.17) is 27.9 Å². The molecule has 6 heteroatoms. The molecule has 16 heavy (non-hydrogen) atoms. The van der Waals surface area contributed by atoms with Crippen molar-refractivity contribution in [3.8, 4) is 0 Å². The Bertz CT molecular complexity index is 307. The molecule has 92 valence electrons. The summed E-state index contributed by atoms with van der Waals surface area (Å²) < 4.78 is 6.43. The van der Waals surface area contributed by atoms with Crippen LogP contribution in [0.15, 0.2) is 6.07 Å². The van der Waals surface area contributed by atoms with Crippen LogP contribution < -0.4 is 10.6 Å². The van der Waals surface area contributed by atoms with Crippen molar-refractivity contribution in [1.29, 1.82) is 0 Å². The number of thiophene rings is 1. The first-order chi connectivity index (χ1) is 7.74. The van der Waals surface area contributed by atoms with E-state index in [2.05, 4.69) is 10.6 Å². The van der Waals surface area contributed by atoms with Crippen molar-refractivity contribution in [2.45, 2.75) is 6.54 Å². The average molecular weight is 283 g/mol. The molecule has 0 saturated carbocycles. The summed E-state index contributed by atoms with van der Waals surface area (Å²) >= 11 is 13.2. The van der Waals surface area contributed by atoms with Crippen molar-refractivity contribution in [1.82, 2.24) is 10.6 Å². The Hall–Kier alpha value is 0.160. The second kappa shape index (κ2) is 8.28. The smallest absolute Gasteiger partial charge is 0.0989 e. The van der Waals surface area contributed by atoms with Gasteiger partial charge in [0.1, 0.15) is 0 Å². The minimum atomic E-state index is 0.736. The largest absolute Gasteiger partial charge is 0.383 e. The highest BCUT2D eigenvalue weighted by atomic mass is 35.5. The van der Waals surface area contributed by atoms with Crippen LogP contribution in [0.3, 0.4) is 0 Å². The number of methoxy groups -OCH3 is 1. The maximum Gasteiger partial charge on any atom is 0.0989 e. The van der Waals surface area contributed by atoms with Crippen LogP contribution in [-0.2, 0) is 11.3 Å². The van der Waals surface area contributed by atoms with E-state index in [0.29, 0.717) is 0 Å². The van der Waals surface area contributed by atoms with Gasteiger partial charge in [0.15, 0.2) is 0 Å². The van der Waals surface area contributed by atoms with Crippen LogP contribution in [0.4, 0.5) is 0 Å². The molecule has 0 aliphatic rings. The molecule has 0 spiro atoms. The minimum absolute atomic E-state index is 0.736. The molecular weight excluding hydrogens is 267 g/mol. The molecule has 2 N–H and O–H groups in total. The monoisotopic (exact) mass is 282 g/mol. The molecule has 1 heterocycles. The Morgan fingerprint density at radius 1 is 1.25 bits per heavy atom. The average Bonchev–Trinajstić information content (AvgIpc) is 2.56. The maximum absolute atomic E-state index is 5.99. The van der Waals surface area contributed by atoms with Crippen molar-refractivity contribution in [2.75, 3.05) is 33.4 Å². The molecule has 0 bridgehead atoms. The van der Waals surface area contributed by atoms with E-state index in [9.17, 15) is 0 Å². The van der Waals surface area contributed by atoms with Crippen molar-refractivity contribution in [3.63, 3.8) is 0 Å². The van der Waals surface area contributed by atoms with Gasteiger partial charge in [0.2, 0.25) is 0 Å². The Balaban J connectivity index is 2.05. The predicted octanol–water partition coefficient (Wildman–Crippen LogP) is 2.38. The van der Waals surface area contributed by atoms with E-state index >= 15 is 0 Å². The summed E-state index contributed by atoms with van der Waals surface area (Å²) in [6, 6.07) is 1.90. The van der Waals surface area contributed by atoms with Gasteiger partial charge in [-0.2, -0.15) is 0 Å². The van der Waals surface area contributed by atoms with E-state index in [1.54, 1.807) is 7.11 Å². The highest BCUT2D eigenvalue weighted by Crippen LogP contribution is 2.30. The molecule has 0 saturated heterocycles. The van der Waals surface area contributed by atoms with Gasteiger partial charge in [-0.15, -0.1) is 11.3 Å². The second-order valence-electron chi connectivity index (χ2n) is 3.27. The van der Waals surface area contributed by atoms with E-state index in [0.717, 1.165) is 47.0 Å². The Morgan fingerprint density at radius 2 is 2.00 bits per heavy atom. The lowest BCUT2D eigenvalue weighted by molar-refractivity contribution is 0.199. The molecule has 0 unspecified atom stereocenters. The van der Waals surface area contributed by atoms with Gasteiger partial charge < -0.3 is 15.4 Å². The second-order valence-corrected chi connectivity index (χ2v) is 5.55. The van der Waals surface area contributed by atoms with E-state index in [1.165, 1.54) is 11.3 Å². The molecule has 0 radical (unpaired) electrons. The van der Waals surface area contributed by atoms with Gasteiger partial charge in [0, 0.05) is 33.3 Å². The quantitative estimate of drug-likeness (QED) is 0.719. The van der Waals surface area contributed by atoms with Crippen LogP contribution in [0, 0.1) is 0 Å². The maximum atomic E-state index is 5.99. The number of hydrogen-bond acceptors (Lipinski definition) is 4. The molecule has 1 aromatic rings. The number of ether oxygens (including phenoxy) is 1. The Kier molecular flexibility index (Phi) is 7.36. The zero-order valence-electron chi connectivity index (χ0n) is 9.19. The van der Waals surface area contributed by atoms with Gasteiger partial charge in [-0.25, -0.2) is 0 Å². The lowest BCUT2D eigenvalue weighted by atomic mass is 10.3. The van der Waals surface area contributed by atoms with Crippen LogP contribution in [0.2, 0.25) is 8.67 Å². The zero-order valence-corrected chi connectivity index (χ0v) is 11.5. The lowest BCUT2D eigenvalue weighted by Gasteiger charge is -2.05. The van der Waals surface area contributed by atoms with Crippen molar-refractivity contribution >= 4 is 34.5 Å². The SMILES string of the molecule is COCCNCCNCc1cc(Cl)sc1Cl. The van der Waals surface area contributed by atoms with Crippen molar-refractivity contribution in [2.24, 2.45) is 0 Å². The molecule has 0 atom stereocenters. The van der Waals surface area contributed by atoms with Crippen LogP contribution >= 0.6 is 34.5 Å². The highest BCUT2D eigenvalue weighted by molar-refractivity contribution is 7.20. The number of rotatable bonds is 8. The van der Waals surface area contributed by atoms with Gasteiger partial charge in [-0.05, 0) is 11.6 Å². The van der Waals surface area contributed by atoms with E-state index in [1.807, 2.05) is 6.07 Å². The predicted molar refractivity (Wildman–Crippen MR) is 70.8 cm³/mol. The molecule has 1 rings (SSSR count). The fraction of sp³-hybridized carbons (Fsp3) is 0.600. The highest BCUT2D eigenvalue weighted by Gasteiger charge is 2.04. The summed E-state index contributed by atoms with van der Waals surface area (Å²) in [5, 5.41) is 6.54. The summed E-state index contributed by atoms with van der Waals surface area (Å²) in [7, 11) is 1.70. The van der Waals surface area contributed by atoms with Gasteiger partial charge in [-0.1, -0.05) is 23.2 Å². The molecular formula is C10H16Cl2N2OS. The first kappa shape index (κ1) is 14.2. The summed E-state index contributed by atoms with van der Waals surface area (Å²) in [4.78, 5) is 0. The van der Waals surface area contributed by atoms with Crippen LogP contribution in [0.1, 0.15) is 5.56 Å². The van der Waals surface area contributed by atoms with Crippen LogP contribution in [0.25, 0.3) is 0 Å². The fourth-order valence-electron chi connectivity index (χ4n) is 1.19. The van der Waals surface area contributed by atoms with Crippen molar-refractivity contribution < 1.29 is 4.74 Å². The molecule has 0 fully saturated rings.